The van der Waals surface area contributed by atoms with E-state index in [0.29, 0.717) is 18.3 Å². The highest BCUT2D eigenvalue weighted by molar-refractivity contribution is 7.99. The first kappa shape index (κ1) is 18.7. The normalized spacial score (nSPS) is 14.8. The molecule has 144 valence electrons. The predicted molar refractivity (Wildman–Crippen MR) is 109 cm³/mol. The van der Waals surface area contributed by atoms with E-state index in [1.54, 1.807) is 11.3 Å². The Morgan fingerprint density at radius 3 is 2.89 bits per heavy atom. The first-order valence-corrected chi connectivity index (χ1v) is 11.3. The molecule has 1 unspecified atom stereocenters. The molecule has 0 aliphatic heterocycles. The summed E-state index contributed by atoms with van der Waals surface area (Å²) in [5, 5.41) is 5.43. The van der Waals surface area contributed by atoms with E-state index in [9.17, 15) is 4.79 Å². The minimum Gasteiger partial charge on any atom is -0.338 e. The number of nitrogens with zero attached hydrogens (tertiary/aromatic N) is 4. The van der Waals surface area contributed by atoms with Gasteiger partial charge in [0, 0.05) is 11.4 Å². The number of aryl methyl sites for hydroxylation is 3. The molecule has 0 saturated heterocycles. The van der Waals surface area contributed by atoms with Crippen molar-refractivity contribution in [2.45, 2.75) is 76.2 Å². The van der Waals surface area contributed by atoms with Gasteiger partial charge < -0.3 is 4.52 Å². The summed E-state index contributed by atoms with van der Waals surface area (Å²) in [6.45, 7) is 6.70. The van der Waals surface area contributed by atoms with Gasteiger partial charge in [-0.2, -0.15) is 4.98 Å². The largest absolute Gasteiger partial charge is 0.338 e. The van der Waals surface area contributed by atoms with Crippen LogP contribution in [0, 0.1) is 6.92 Å². The van der Waals surface area contributed by atoms with E-state index in [4.69, 9.17) is 9.51 Å². The molecule has 3 aromatic heterocycles. The number of unbranched alkanes of at least 4 members (excludes halogenated alkanes) is 2. The highest BCUT2D eigenvalue weighted by atomic mass is 32.2. The Kier molecular flexibility index (Phi) is 5.36. The van der Waals surface area contributed by atoms with Crippen LogP contribution in [-0.2, 0) is 19.4 Å². The second kappa shape index (κ2) is 7.75. The minimum absolute atomic E-state index is 0.0558. The van der Waals surface area contributed by atoms with Gasteiger partial charge in [-0.15, -0.1) is 11.3 Å². The van der Waals surface area contributed by atoms with Crippen LogP contribution in [0.15, 0.2) is 14.5 Å². The van der Waals surface area contributed by atoms with Gasteiger partial charge in [0.25, 0.3) is 5.56 Å². The highest BCUT2D eigenvalue weighted by Gasteiger charge is 2.25. The Hall–Kier alpha value is -1.67. The first-order valence-electron chi connectivity index (χ1n) is 9.60. The van der Waals surface area contributed by atoms with E-state index in [0.717, 1.165) is 53.9 Å². The molecule has 1 atom stereocenters. The Bertz CT molecular complexity index is 1020. The molecule has 0 N–H and O–H groups in total. The molecule has 1 aliphatic carbocycles. The van der Waals surface area contributed by atoms with Crippen molar-refractivity contribution in [2.75, 3.05) is 0 Å². The number of hydrogen-bond donors (Lipinski definition) is 0. The van der Waals surface area contributed by atoms with Crippen LogP contribution >= 0.6 is 23.1 Å². The standard InChI is InChI=1S/C19H24N4O2S2/c1-4-5-6-10-23-18(24)15-13-8-7-9-14(13)27-17(15)21-19(23)26-11(2)16-20-12(3)22-25-16/h11H,4-10H2,1-3H3. The van der Waals surface area contributed by atoms with Gasteiger partial charge in [-0.05, 0) is 45.1 Å². The van der Waals surface area contributed by atoms with Gasteiger partial charge in [-0.1, -0.05) is 36.7 Å². The van der Waals surface area contributed by atoms with E-state index in [-0.39, 0.29) is 10.8 Å². The first-order chi connectivity index (χ1) is 13.1. The molecule has 27 heavy (non-hydrogen) atoms. The molecule has 0 radical (unpaired) electrons. The zero-order chi connectivity index (χ0) is 19.0. The maximum absolute atomic E-state index is 13.4. The summed E-state index contributed by atoms with van der Waals surface area (Å²) in [6.07, 6.45) is 6.44. The second-order valence-electron chi connectivity index (χ2n) is 7.04. The average Bonchev–Trinajstić information content (AvgIpc) is 3.33. The molecule has 0 amide bonds. The van der Waals surface area contributed by atoms with Gasteiger partial charge in [-0.3, -0.25) is 9.36 Å². The van der Waals surface area contributed by atoms with Gasteiger partial charge in [-0.25, -0.2) is 4.98 Å². The van der Waals surface area contributed by atoms with Gasteiger partial charge in [0.05, 0.1) is 10.6 Å². The summed E-state index contributed by atoms with van der Waals surface area (Å²) in [5.41, 5.74) is 1.36. The number of thioether (sulfide) groups is 1. The SMILES string of the molecule is CCCCCn1c(SC(C)c2nc(C)no2)nc2sc3c(c2c1=O)CCC3. The zero-order valence-electron chi connectivity index (χ0n) is 15.9. The van der Waals surface area contributed by atoms with Crippen LogP contribution in [-0.4, -0.2) is 19.7 Å². The van der Waals surface area contributed by atoms with Crippen LogP contribution in [0.1, 0.15) is 66.9 Å². The van der Waals surface area contributed by atoms with Crippen molar-refractivity contribution < 1.29 is 4.52 Å². The van der Waals surface area contributed by atoms with Crippen molar-refractivity contribution in [2.24, 2.45) is 0 Å². The molecule has 0 saturated carbocycles. The fraction of sp³-hybridized carbons (Fsp3) is 0.579. The van der Waals surface area contributed by atoms with E-state index < -0.39 is 0 Å². The van der Waals surface area contributed by atoms with Crippen molar-refractivity contribution in [3.05, 3.63) is 32.5 Å². The molecule has 3 heterocycles. The highest BCUT2D eigenvalue weighted by Crippen LogP contribution is 2.38. The van der Waals surface area contributed by atoms with Crippen LogP contribution in [0.3, 0.4) is 0 Å². The lowest BCUT2D eigenvalue weighted by molar-refractivity contribution is 0.376. The van der Waals surface area contributed by atoms with Crippen molar-refractivity contribution in [3.63, 3.8) is 0 Å². The van der Waals surface area contributed by atoms with E-state index in [2.05, 4.69) is 17.1 Å². The summed E-state index contributed by atoms with van der Waals surface area (Å²) < 4.78 is 7.18. The average molecular weight is 405 g/mol. The van der Waals surface area contributed by atoms with E-state index >= 15 is 0 Å². The van der Waals surface area contributed by atoms with Crippen molar-refractivity contribution in [1.82, 2.24) is 19.7 Å². The third kappa shape index (κ3) is 3.57. The van der Waals surface area contributed by atoms with Crippen LogP contribution in [0.5, 0.6) is 0 Å². The number of hydrogen-bond acceptors (Lipinski definition) is 7. The van der Waals surface area contributed by atoms with E-state index in [1.165, 1.54) is 22.2 Å². The molecular formula is C19H24N4O2S2. The Balaban J connectivity index is 1.75. The molecule has 0 fully saturated rings. The molecule has 4 rings (SSSR count). The fourth-order valence-electron chi connectivity index (χ4n) is 3.55. The predicted octanol–water partition coefficient (Wildman–Crippen LogP) is 4.68. The molecule has 8 heteroatoms. The molecule has 3 aromatic rings. The van der Waals surface area contributed by atoms with Crippen LogP contribution in [0.2, 0.25) is 0 Å². The maximum atomic E-state index is 13.4. The smallest absolute Gasteiger partial charge is 0.263 e. The molecule has 1 aliphatic rings. The van der Waals surface area contributed by atoms with Crippen LogP contribution < -0.4 is 5.56 Å². The van der Waals surface area contributed by atoms with Gasteiger partial charge in [0.2, 0.25) is 5.89 Å². The third-order valence-corrected chi connectivity index (χ3v) is 7.21. The lowest BCUT2D eigenvalue weighted by Gasteiger charge is -2.14. The molecule has 6 nitrogen and oxygen atoms in total. The lowest BCUT2D eigenvalue weighted by Crippen LogP contribution is -2.23. The quantitative estimate of drug-likeness (QED) is 0.323. The number of rotatable bonds is 7. The van der Waals surface area contributed by atoms with Crippen molar-refractivity contribution >= 4 is 33.3 Å². The van der Waals surface area contributed by atoms with Crippen molar-refractivity contribution in [1.29, 1.82) is 0 Å². The summed E-state index contributed by atoms with van der Waals surface area (Å²) in [7, 11) is 0. The summed E-state index contributed by atoms with van der Waals surface area (Å²) >= 11 is 3.22. The van der Waals surface area contributed by atoms with Crippen LogP contribution in [0.25, 0.3) is 10.2 Å². The summed E-state index contributed by atoms with van der Waals surface area (Å²) in [6, 6.07) is 0. The number of thiophene rings is 1. The summed E-state index contributed by atoms with van der Waals surface area (Å²) in [4.78, 5) is 24.8. The molecule has 0 spiro atoms. The minimum atomic E-state index is -0.0558. The maximum Gasteiger partial charge on any atom is 0.263 e. The van der Waals surface area contributed by atoms with Gasteiger partial charge >= 0.3 is 0 Å². The molecule has 0 aromatic carbocycles. The lowest BCUT2D eigenvalue weighted by atomic mass is 10.2. The second-order valence-corrected chi connectivity index (χ2v) is 9.43. The van der Waals surface area contributed by atoms with Gasteiger partial charge in [0.15, 0.2) is 11.0 Å². The molecule has 0 bridgehead atoms. The zero-order valence-corrected chi connectivity index (χ0v) is 17.6. The third-order valence-electron chi connectivity index (χ3n) is 4.95. The Morgan fingerprint density at radius 1 is 1.30 bits per heavy atom. The van der Waals surface area contributed by atoms with E-state index in [1.807, 2.05) is 18.4 Å². The monoisotopic (exact) mass is 404 g/mol. The summed E-state index contributed by atoms with van der Waals surface area (Å²) in [5.74, 6) is 1.19. The number of aromatic nitrogens is 4. The Morgan fingerprint density at radius 2 is 2.15 bits per heavy atom. The van der Waals surface area contributed by atoms with Crippen LogP contribution in [0.4, 0.5) is 0 Å². The molecular weight excluding hydrogens is 380 g/mol. The fourth-order valence-corrected chi connectivity index (χ4v) is 5.82. The number of fused-ring (bicyclic) bond motifs is 3. The Labute approximate surface area is 166 Å². The topological polar surface area (TPSA) is 73.8 Å². The van der Waals surface area contributed by atoms with Gasteiger partial charge in [0.1, 0.15) is 4.83 Å². The van der Waals surface area contributed by atoms with Crippen molar-refractivity contribution in [3.8, 4) is 0 Å².